The molecule has 0 heterocycles. The van der Waals surface area contributed by atoms with E-state index in [1.807, 2.05) is 55.4 Å². The molecule has 0 aliphatic rings. The van der Waals surface area contributed by atoms with Crippen LogP contribution in [0, 0.1) is 12.1 Å². The summed E-state index contributed by atoms with van der Waals surface area (Å²) in [5.74, 6) is 0.581. The average molecular weight is 490 g/mol. The molecule has 0 saturated heterocycles. The van der Waals surface area contributed by atoms with Gasteiger partial charge in [0.25, 0.3) is 0 Å². The van der Waals surface area contributed by atoms with E-state index in [2.05, 4.69) is 12.1 Å². The fraction of sp³-hybridized carbons (Fsp3) is 0.400. The standard InChI is InChI=1S/2C6H5O.4C2H6.W/c2*7-6-4-2-1-3-5-6;4*1-2;/h2*2-5,7H;4*1-2H3;/q2*-1;;;;;+2. The average Bonchev–Trinajstić information content (AvgIpc) is 2.64. The summed E-state index contributed by atoms with van der Waals surface area (Å²) in [5, 5.41) is 17.2. The minimum absolute atomic E-state index is 0. The molecule has 23 heavy (non-hydrogen) atoms. The van der Waals surface area contributed by atoms with Crippen molar-refractivity contribution in [1.29, 1.82) is 0 Å². The zero-order valence-corrected chi connectivity index (χ0v) is 18.9. The van der Waals surface area contributed by atoms with Crippen LogP contribution in [0.1, 0.15) is 55.4 Å². The number of hydrogen-bond donors (Lipinski definition) is 2. The van der Waals surface area contributed by atoms with Crippen molar-refractivity contribution in [1.82, 2.24) is 0 Å². The second-order valence-corrected chi connectivity index (χ2v) is 2.52. The quantitative estimate of drug-likeness (QED) is 0.415. The maximum Gasteiger partial charge on any atom is 2.00 e. The molecule has 0 aromatic heterocycles. The monoisotopic (exact) mass is 490 g/mol. The fourth-order valence-corrected chi connectivity index (χ4v) is 0.756. The molecule has 2 rings (SSSR count). The number of benzene rings is 2. The number of phenolic OH excluding ortho intramolecular Hbond substituents is 2. The van der Waals surface area contributed by atoms with E-state index in [0.29, 0.717) is 11.5 Å². The third-order valence-corrected chi connectivity index (χ3v) is 1.40. The smallest absolute Gasteiger partial charge is 0.533 e. The summed E-state index contributed by atoms with van der Waals surface area (Å²) in [5.41, 5.74) is 0. The summed E-state index contributed by atoms with van der Waals surface area (Å²) in [6.07, 6.45) is 0. The van der Waals surface area contributed by atoms with Crippen molar-refractivity contribution in [3.05, 3.63) is 60.7 Å². The van der Waals surface area contributed by atoms with Crippen LogP contribution in [0.4, 0.5) is 0 Å². The Morgan fingerprint density at radius 3 is 0.783 bits per heavy atom. The molecule has 0 radical (unpaired) electrons. The van der Waals surface area contributed by atoms with Crippen LogP contribution in [-0.4, -0.2) is 10.2 Å². The number of hydrogen-bond acceptors (Lipinski definition) is 2. The molecule has 2 nitrogen and oxygen atoms in total. The Morgan fingerprint density at radius 2 is 0.696 bits per heavy atom. The van der Waals surface area contributed by atoms with Gasteiger partial charge in [-0.1, -0.05) is 55.4 Å². The molecule has 2 aromatic carbocycles. The van der Waals surface area contributed by atoms with E-state index in [0.717, 1.165) is 0 Å². The van der Waals surface area contributed by atoms with Gasteiger partial charge in [0.1, 0.15) is 0 Å². The Hall–Kier alpha value is -1.27. The van der Waals surface area contributed by atoms with Crippen molar-refractivity contribution in [2.75, 3.05) is 0 Å². The van der Waals surface area contributed by atoms with E-state index in [9.17, 15) is 0 Å². The molecule has 0 aliphatic carbocycles. The number of phenols is 2. The predicted octanol–water partition coefficient (Wildman–Crippen LogP) is 6.49. The van der Waals surface area contributed by atoms with E-state index in [1.54, 1.807) is 48.5 Å². The first-order chi connectivity index (χ1) is 10.8. The van der Waals surface area contributed by atoms with Crippen molar-refractivity contribution in [3.63, 3.8) is 0 Å². The molecule has 0 saturated carbocycles. The predicted molar refractivity (Wildman–Crippen MR) is 99.3 cm³/mol. The van der Waals surface area contributed by atoms with Crippen LogP contribution in [0.25, 0.3) is 0 Å². The van der Waals surface area contributed by atoms with E-state index >= 15 is 0 Å². The summed E-state index contributed by atoms with van der Waals surface area (Å²) < 4.78 is 0. The number of aromatic hydroxyl groups is 2. The van der Waals surface area contributed by atoms with Crippen LogP contribution in [0.2, 0.25) is 0 Å². The van der Waals surface area contributed by atoms with Gasteiger partial charge in [0, 0.05) is 11.5 Å². The summed E-state index contributed by atoms with van der Waals surface area (Å²) >= 11 is 0. The second-order valence-electron chi connectivity index (χ2n) is 2.52. The molecular weight excluding hydrogens is 456 g/mol. The van der Waals surface area contributed by atoms with Crippen LogP contribution in [0.3, 0.4) is 0 Å². The molecule has 0 spiro atoms. The minimum Gasteiger partial charge on any atom is -0.533 e. The third kappa shape index (κ3) is 33.5. The van der Waals surface area contributed by atoms with Crippen molar-refractivity contribution < 1.29 is 31.3 Å². The zero-order valence-electron chi connectivity index (χ0n) is 15.9. The fourth-order valence-electron chi connectivity index (χ4n) is 0.756. The molecule has 0 atom stereocenters. The van der Waals surface area contributed by atoms with Gasteiger partial charge < -0.3 is 10.2 Å². The van der Waals surface area contributed by atoms with E-state index < -0.39 is 0 Å². The Bertz CT molecular complexity index is 313. The molecule has 0 aliphatic heterocycles. The van der Waals surface area contributed by atoms with Crippen molar-refractivity contribution in [2.45, 2.75) is 55.4 Å². The first kappa shape index (κ1) is 33.4. The van der Waals surface area contributed by atoms with Crippen molar-refractivity contribution >= 4 is 0 Å². The molecule has 2 aromatic rings. The van der Waals surface area contributed by atoms with Gasteiger partial charge in [-0.15, -0.1) is 24.3 Å². The van der Waals surface area contributed by atoms with E-state index in [1.165, 1.54) is 0 Å². The van der Waals surface area contributed by atoms with Gasteiger partial charge in [-0.2, -0.15) is 36.4 Å². The first-order valence-electron chi connectivity index (χ1n) is 8.09. The summed E-state index contributed by atoms with van der Waals surface area (Å²) in [6.45, 7) is 16.0. The Balaban J connectivity index is -0.0000000639. The molecule has 0 amide bonds. The maximum atomic E-state index is 8.61. The second kappa shape index (κ2) is 37.2. The topological polar surface area (TPSA) is 40.5 Å². The molecule has 0 unspecified atom stereocenters. The van der Waals surface area contributed by atoms with Crippen molar-refractivity contribution in [2.24, 2.45) is 0 Å². The molecule has 3 heteroatoms. The number of rotatable bonds is 0. The molecular formula is C20H34O2W. The minimum atomic E-state index is 0. The van der Waals surface area contributed by atoms with Crippen molar-refractivity contribution in [3.8, 4) is 11.5 Å². The van der Waals surface area contributed by atoms with E-state index in [-0.39, 0.29) is 21.1 Å². The van der Waals surface area contributed by atoms with Crippen LogP contribution in [-0.2, 0) is 21.1 Å². The summed E-state index contributed by atoms with van der Waals surface area (Å²) in [4.78, 5) is 0. The third-order valence-electron chi connectivity index (χ3n) is 1.40. The van der Waals surface area contributed by atoms with Gasteiger partial charge in [-0.05, 0) is 0 Å². The van der Waals surface area contributed by atoms with Gasteiger partial charge in [0.2, 0.25) is 0 Å². The molecule has 2 N–H and O–H groups in total. The largest absolute Gasteiger partial charge is 2.00 e. The van der Waals surface area contributed by atoms with Crippen LogP contribution >= 0.6 is 0 Å². The molecule has 0 bridgehead atoms. The molecule has 132 valence electrons. The maximum absolute atomic E-state index is 8.61. The summed E-state index contributed by atoms with van der Waals surface area (Å²) in [7, 11) is 0. The van der Waals surface area contributed by atoms with E-state index in [4.69, 9.17) is 10.2 Å². The van der Waals surface area contributed by atoms with Gasteiger partial charge in [-0.3, -0.25) is 0 Å². The Labute approximate surface area is 158 Å². The van der Waals surface area contributed by atoms with Crippen LogP contribution in [0.15, 0.2) is 48.5 Å². The molecule has 0 fully saturated rings. The van der Waals surface area contributed by atoms with Gasteiger partial charge in [0.15, 0.2) is 0 Å². The van der Waals surface area contributed by atoms with Gasteiger partial charge in [-0.25, -0.2) is 0 Å². The normalized spacial score (nSPS) is 6.26. The SMILES string of the molecule is CC.CC.CC.CC.Oc1cc[c-]cc1.Oc1cc[c-]cc1.[W+2]. The first-order valence-corrected chi connectivity index (χ1v) is 8.09. The summed E-state index contributed by atoms with van der Waals surface area (Å²) in [6, 6.07) is 18.5. The zero-order chi connectivity index (χ0) is 18.2. The van der Waals surface area contributed by atoms with Crippen LogP contribution < -0.4 is 0 Å². The van der Waals surface area contributed by atoms with Gasteiger partial charge in [0.05, 0.1) is 0 Å². The van der Waals surface area contributed by atoms with Crippen LogP contribution in [0.5, 0.6) is 11.5 Å². The Kier molecular flexibility index (Phi) is 53.9. The Morgan fingerprint density at radius 1 is 0.522 bits per heavy atom. The van der Waals surface area contributed by atoms with Gasteiger partial charge >= 0.3 is 21.1 Å².